The molecule has 6 nitrogen and oxygen atoms in total. The van der Waals surface area contributed by atoms with Crippen LogP contribution in [-0.4, -0.2) is 45.4 Å². The van der Waals surface area contributed by atoms with Crippen LogP contribution in [0.25, 0.3) is 0 Å². The monoisotopic (exact) mass is 380 g/mol. The average molecular weight is 380 g/mol. The summed E-state index contributed by atoms with van der Waals surface area (Å²) in [5.41, 5.74) is 1.12. The van der Waals surface area contributed by atoms with Gasteiger partial charge in [0.15, 0.2) is 0 Å². The number of hydrogen-bond donors (Lipinski definition) is 1. The van der Waals surface area contributed by atoms with Crippen LogP contribution in [0.2, 0.25) is 0 Å². The topological polar surface area (TPSA) is 75.7 Å². The Morgan fingerprint density at radius 1 is 1.12 bits per heavy atom. The first kappa shape index (κ1) is 19.9. The maximum Gasteiger partial charge on any atom is 0.243 e. The highest BCUT2D eigenvalue weighted by atomic mass is 32.2. The number of ether oxygens (including phenoxy) is 1. The van der Waals surface area contributed by atoms with Crippen LogP contribution < -0.4 is 10.1 Å². The zero-order chi connectivity index (χ0) is 19.2. The molecule has 2 aromatic carbocycles. The van der Waals surface area contributed by atoms with Crippen molar-refractivity contribution < 1.29 is 22.3 Å². The third-order valence-electron chi connectivity index (χ3n) is 3.60. The van der Waals surface area contributed by atoms with Gasteiger partial charge in [-0.1, -0.05) is 17.7 Å². The van der Waals surface area contributed by atoms with Crippen LogP contribution in [0.15, 0.2) is 53.4 Å². The summed E-state index contributed by atoms with van der Waals surface area (Å²) in [5.74, 6) is -0.288. The van der Waals surface area contributed by atoms with Gasteiger partial charge in [0.05, 0.1) is 18.0 Å². The molecule has 0 heterocycles. The molecule has 140 valence electrons. The highest BCUT2D eigenvalue weighted by Gasteiger charge is 2.22. The van der Waals surface area contributed by atoms with Gasteiger partial charge in [0, 0.05) is 7.05 Å². The maximum atomic E-state index is 12.9. The number of halogens is 1. The number of amides is 1. The molecule has 0 radical (unpaired) electrons. The van der Waals surface area contributed by atoms with Gasteiger partial charge in [-0.05, 0) is 43.3 Å². The molecular weight excluding hydrogens is 359 g/mol. The van der Waals surface area contributed by atoms with Crippen molar-refractivity contribution in [2.24, 2.45) is 0 Å². The zero-order valence-electron chi connectivity index (χ0n) is 14.6. The number of aryl methyl sites for hydroxylation is 1. The molecule has 0 aliphatic carbocycles. The molecular formula is C18H21FN2O4S. The van der Waals surface area contributed by atoms with Crippen molar-refractivity contribution >= 4 is 15.9 Å². The summed E-state index contributed by atoms with van der Waals surface area (Å²) in [6.45, 7) is 2.14. The molecule has 0 spiro atoms. The number of nitrogens with zero attached hydrogens (tertiary/aromatic N) is 1. The third kappa shape index (κ3) is 5.53. The van der Waals surface area contributed by atoms with Crippen molar-refractivity contribution in [2.75, 3.05) is 26.7 Å². The van der Waals surface area contributed by atoms with Gasteiger partial charge >= 0.3 is 0 Å². The Morgan fingerprint density at radius 2 is 1.73 bits per heavy atom. The molecule has 0 bridgehead atoms. The molecule has 1 N–H and O–H groups in total. The highest BCUT2D eigenvalue weighted by Crippen LogP contribution is 2.14. The van der Waals surface area contributed by atoms with Crippen LogP contribution in [0.3, 0.4) is 0 Å². The van der Waals surface area contributed by atoms with Crippen LogP contribution >= 0.6 is 0 Å². The van der Waals surface area contributed by atoms with Gasteiger partial charge < -0.3 is 10.1 Å². The molecule has 0 saturated heterocycles. The Balaban J connectivity index is 1.79. The van der Waals surface area contributed by atoms with Crippen molar-refractivity contribution in [2.45, 2.75) is 11.8 Å². The lowest BCUT2D eigenvalue weighted by Crippen LogP contribution is -2.39. The average Bonchev–Trinajstić information content (AvgIpc) is 2.60. The van der Waals surface area contributed by atoms with Crippen LogP contribution in [0.4, 0.5) is 4.39 Å². The normalized spacial score (nSPS) is 11.4. The predicted octanol–water partition coefficient (Wildman–Crippen LogP) is 1.95. The van der Waals surface area contributed by atoms with Gasteiger partial charge in [0.1, 0.15) is 18.2 Å². The van der Waals surface area contributed by atoms with Gasteiger partial charge in [0.25, 0.3) is 0 Å². The fourth-order valence-corrected chi connectivity index (χ4v) is 3.25. The van der Waals surface area contributed by atoms with Crippen molar-refractivity contribution in [1.29, 1.82) is 0 Å². The first-order valence-corrected chi connectivity index (χ1v) is 9.41. The second-order valence-electron chi connectivity index (χ2n) is 5.73. The minimum Gasteiger partial charge on any atom is -0.492 e. The number of hydrogen-bond acceptors (Lipinski definition) is 4. The summed E-state index contributed by atoms with van der Waals surface area (Å²) in [5, 5.41) is 2.60. The third-order valence-corrected chi connectivity index (χ3v) is 5.42. The van der Waals surface area contributed by atoms with Crippen LogP contribution in [0.5, 0.6) is 5.75 Å². The number of nitrogens with one attached hydrogen (secondary N) is 1. The minimum absolute atomic E-state index is 0.0723. The number of rotatable bonds is 8. The fourth-order valence-electron chi connectivity index (χ4n) is 2.12. The van der Waals surface area contributed by atoms with E-state index >= 15 is 0 Å². The number of likely N-dealkylation sites (N-methyl/N-ethyl adjacent to an activating group) is 1. The molecule has 8 heteroatoms. The Morgan fingerprint density at radius 3 is 2.35 bits per heavy atom. The number of carbonyl (C=O) groups is 1. The lowest BCUT2D eigenvalue weighted by Gasteiger charge is -2.17. The Labute approximate surface area is 152 Å². The maximum absolute atomic E-state index is 12.9. The van der Waals surface area contributed by atoms with Crippen LogP contribution in [0, 0.1) is 12.7 Å². The van der Waals surface area contributed by atoms with Gasteiger partial charge in [0.2, 0.25) is 15.9 Å². The molecule has 0 unspecified atom stereocenters. The quantitative estimate of drug-likeness (QED) is 0.711. The smallest absolute Gasteiger partial charge is 0.243 e. The first-order valence-electron chi connectivity index (χ1n) is 7.97. The lowest BCUT2D eigenvalue weighted by atomic mass is 10.2. The van der Waals surface area contributed by atoms with Gasteiger partial charge in [-0.25, -0.2) is 12.8 Å². The van der Waals surface area contributed by atoms with Crippen molar-refractivity contribution in [3.8, 4) is 5.75 Å². The molecule has 0 atom stereocenters. The van der Waals surface area contributed by atoms with E-state index in [4.69, 9.17) is 4.74 Å². The second-order valence-corrected chi connectivity index (χ2v) is 7.77. The molecule has 0 aromatic heterocycles. The van der Waals surface area contributed by atoms with E-state index in [1.54, 1.807) is 0 Å². The highest BCUT2D eigenvalue weighted by molar-refractivity contribution is 7.89. The van der Waals surface area contributed by atoms with Crippen molar-refractivity contribution in [1.82, 2.24) is 9.62 Å². The summed E-state index contributed by atoms with van der Waals surface area (Å²) >= 11 is 0. The van der Waals surface area contributed by atoms with E-state index < -0.39 is 21.7 Å². The van der Waals surface area contributed by atoms with E-state index in [1.165, 1.54) is 7.05 Å². The summed E-state index contributed by atoms with van der Waals surface area (Å²) < 4.78 is 44.0. The first-order chi connectivity index (χ1) is 12.3. The number of benzene rings is 2. The Bertz CT molecular complexity index is 836. The van der Waals surface area contributed by atoms with E-state index in [-0.39, 0.29) is 24.6 Å². The van der Waals surface area contributed by atoms with Crippen molar-refractivity contribution in [3.05, 3.63) is 59.9 Å². The molecule has 2 aromatic rings. The van der Waals surface area contributed by atoms with Crippen LogP contribution in [-0.2, 0) is 14.8 Å². The SMILES string of the molecule is Cc1ccc(OCCNC(=O)CN(C)S(=O)(=O)c2ccc(F)cc2)cc1. The fraction of sp³-hybridized carbons (Fsp3) is 0.278. The lowest BCUT2D eigenvalue weighted by molar-refractivity contribution is -0.121. The van der Waals surface area contributed by atoms with E-state index in [1.807, 2.05) is 31.2 Å². The number of sulfonamides is 1. The summed E-state index contributed by atoms with van der Waals surface area (Å²) in [6.07, 6.45) is 0. The molecule has 0 saturated carbocycles. The van der Waals surface area contributed by atoms with E-state index in [0.717, 1.165) is 34.1 Å². The predicted molar refractivity (Wildman–Crippen MR) is 95.9 cm³/mol. The minimum atomic E-state index is -3.85. The number of carbonyl (C=O) groups excluding carboxylic acids is 1. The summed E-state index contributed by atoms with van der Waals surface area (Å²) in [6, 6.07) is 11.9. The van der Waals surface area contributed by atoms with Gasteiger partial charge in [-0.3, -0.25) is 4.79 Å². The van der Waals surface area contributed by atoms with Crippen LogP contribution in [0.1, 0.15) is 5.56 Å². The summed E-state index contributed by atoms with van der Waals surface area (Å²) in [7, 11) is -2.56. The molecule has 2 rings (SSSR count). The van der Waals surface area contributed by atoms with E-state index in [0.29, 0.717) is 5.75 Å². The Kier molecular flexibility index (Phi) is 6.70. The van der Waals surface area contributed by atoms with E-state index in [9.17, 15) is 17.6 Å². The van der Waals surface area contributed by atoms with E-state index in [2.05, 4.69) is 5.32 Å². The second kappa shape index (κ2) is 8.77. The van der Waals surface area contributed by atoms with Gasteiger partial charge in [-0.15, -0.1) is 0 Å². The summed E-state index contributed by atoms with van der Waals surface area (Å²) in [4.78, 5) is 11.8. The standard InChI is InChI=1S/C18H21FN2O4S/c1-14-3-7-16(8-4-14)25-12-11-20-18(22)13-21(2)26(23,24)17-9-5-15(19)6-10-17/h3-10H,11-13H2,1-2H3,(H,20,22). The van der Waals surface area contributed by atoms with Gasteiger partial charge in [-0.2, -0.15) is 4.31 Å². The molecule has 0 fully saturated rings. The molecule has 0 aliphatic heterocycles. The Hall–Kier alpha value is -2.45. The largest absolute Gasteiger partial charge is 0.492 e. The molecule has 26 heavy (non-hydrogen) atoms. The molecule has 0 aliphatic rings. The molecule has 1 amide bonds. The van der Waals surface area contributed by atoms with Crippen molar-refractivity contribution in [3.63, 3.8) is 0 Å². The zero-order valence-corrected chi connectivity index (χ0v) is 15.4.